The first-order valence-corrected chi connectivity index (χ1v) is 8.92. The lowest BCUT2D eigenvalue weighted by Gasteiger charge is -2.29. The van der Waals surface area contributed by atoms with E-state index in [0.29, 0.717) is 11.4 Å². The van der Waals surface area contributed by atoms with Crippen molar-refractivity contribution < 1.29 is 8.42 Å². The van der Waals surface area contributed by atoms with E-state index in [-0.39, 0.29) is 10.9 Å². The fourth-order valence-corrected chi connectivity index (χ4v) is 4.61. The Morgan fingerprint density at radius 1 is 1.14 bits per heavy atom. The standard InChI is InChI=1S/C16H20N2O2S/c1-12-6-2-3-9-14(12)18-21(19,20)15-10-4-7-13-8-5-11-17-16(13)15/h4-5,7-8,10-12,14,18H,2-3,6,9H2,1H3. The number of aromatic nitrogens is 1. The zero-order chi connectivity index (χ0) is 14.9. The summed E-state index contributed by atoms with van der Waals surface area (Å²) in [5.41, 5.74) is 0.538. The third-order valence-electron chi connectivity index (χ3n) is 4.30. The summed E-state index contributed by atoms with van der Waals surface area (Å²) in [7, 11) is -3.53. The van der Waals surface area contributed by atoms with E-state index in [4.69, 9.17) is 0 Å². The van der Waals surface area contributed by atoms with Crippen molar-refractivity contribution >= 4 is 20.9 Å². The normalized spacial score (nSPS) is 23.3. The molecule has 0 amide bonds. The van der Waals surface area contributed by atoms with Crippen molar-refractivity contribution in [1.29, 1.82) is 0 Å². The molecule has 2 unspecified atom stereocenters. The molecule has 2 atom stereocenters. The van der Waals surface area contributed by atoms with E-state index in [1.54, 1.807) is 18.3 Å². The van der Waals surface area contributed by atoms with Crippen molar-refractivity contribution in [1.82, 2.24) is 9.71 Å². The molecule has 1 aliphatic carbocycles. The number of pyridine rings is 1. The van der Waals surface area contributed by atoms with E-state index in [1.165, 1.54) is 6.42 Å². The lowest BCUT2D eigenvalue weighted by atomic mass is 9.87. The molecule has 21 heavy (non-hydrogen) atoms. The second-order valence-corrected chi connectivity index (χ2v) is 7.50. The molecule has 1 N–H and O–H groups in total. The molecule has 1 aliphatic rings. The summed E-state index contributed by atoms with van der Waals surface area (Å²) in [4.78, 5) is 4.52. The predicted octanol–water partition coefficient (Wildman–Crippen LogP) is 3.09. The molecule has 112 valence electrons. The van der Waals surface area contributed by atoms with Gasteiger partial charge in [0.25, 0.3) is 0 Å². The van der Waals surface area contributed by atoms with Crippen LogP contribution >= 0.6 is 0 Å². The quantitative estimate of drug-likeness (QED) is 0.948. The number of fused-ring (bicyclic) bond motifs is 1. The van der Waals surface area contributed by atoms with Gasteiger partial charge in [-0.15, -0.1) is 0 Å². The van der Waals surface area contributed by atoms with Crippen LogP contribution in [0.3, 0.4) is 0 Å². The number of hydrogen-bond acceptors (Lipinski definition) is 3. The molecule has 0 bridgehead atoms. The van der Waals surface area contributed by atoms with Gasteiger partial charge in [-0.2, -0.15) is 0 Å². The molecule has 5 heteroatoms. The minimum absolute atomic E-state index is 0.0303. The molecule has 1 aromatic heterocycles. The number of benzene rings is 1. The van der Waals surface area contributed by atoms with Crippen molar-refractivity contribution in [3.8, 4) is 0 Å². The molecule has 0 aliphatic heterocycles. The summed E-state index contributed by atoms with van der Waals surface area (Å²) < 4.78 is 28.3. The molecular formula is C16H20N2O2S. The van der Waals surface area contributed by atoms with Crippen LogP contribution in [0.1, 0.15) is 32.6 Å². The SMILES string of the molecule is CC1CCCCC1NS(=O)(=O)c1cccc2cccnc12. The Morgan fingerprint density at radius 2 is 1.90 bits per heavy atom. The number of nitrogens with zero attached hydrogens (tertiary/aromatic N) is 1. The second-order valence-electron chi connectivity index (χ2n) is 5.82. The first-order chi connectivity index (χ1) is 10.1. The molecule has 0 spiro atoms. The number of nitrogens with one attached hydrogen (secondary N) is 1. The van der Waals surface area contributed by atoms with E-state index in [2.05, 4.69) is 16.6 Å². The van der Waals surface area contributed by atoms with Crippen LogP contribution in [0, 0.1) is 5.92 Å². The van der Waals surface area contributed by atoms with E-state index < -0.39 is 10.0 Å². The summed E-state index contributed by atoms with van der Waals surface area (Å²) in [5, 5.41) is 0.845. The fourth-order valence-electron chi connectivity index (χ4n) is 3.05. The van der Waals surface area contributed by atoms with Gasteiger partial charge in [-0.25, -0.2) is 13.1 Å². The van der Waals surface area contributed by atoms with E-state index in [1.807, 2.05) is 18.2 Å². The maximum Gasteiger partial charge on any atom is 0.242 e. The van der Waals surface area contributed by atoms with Crippen LogP contribution in [0.15, 0.2) is 41.4 Å². The van der Waals surface area contributed by atoms with Crippen LogP contribution in [-0.4, -0.2) is 19.4 Å². The van der Waals surface area contributed by atoms with Crippen LogP contribution in [-0.2, 0) is 10.0 Å². The summed E-state index contributed by atoms with van der Waals surface area (Å²) in [6, 6.07) is 9.00. The van der Waals surface area contributed by atoms with E-state index in [0.717, 1.165) is 24.6 Å². The highest BCUT2D eigenvalue weighted by atomic mass is 32.2. The molecule has 0 saturated heterocycles. The van der Waals surface area contributed by atoms with Gasteiger partial charge in [-0.3, -0.25) is 4.98 Å². The van der Waals surface area contributed by atoms with Crippen LogP contribution < -0.4 is 4.72 Å². The van der Waals surface area contributed by atoms with Gasteiger partial charge >= 0.3 is 0 Å². The number of rotatable bonds is 3. The van der Waals surface area contributed by atoms with E-state index in [9.17, 15) is 8.42 Å². The lowest BCUT2D eigenvalue weighted by Crippen LogP contribution is -2.41. The lowest BCUT2D eigenvalue weighted by molar-refractivity contribution is 0.310. The topological polar surface area (TPSA) is 59.1 Å². The molecule has 1 fully saturated rings. The Labute approximate surface area is 125 Å². The van der Waals surface area contributed by atoms with Gasteiger partial charge < -0.3 is 0 Å². The number of hydrogen-bond donors (Lipinski definition) is 1. The first kappa shape index (κ1) is 14.5. The summed E-state index contributed by atoms with van der Waals surface area (Å²) >= 11 is 0. The Bertz CT molecular complexity index is 738. The Balaban J connectivity index is 1.97. The number of sulfonamides is 1. The van der Waals surface area contributed by atoms with Gasteiger partial charge in [0.15, 0.2) is 0 Å². The van der Waals surface area contributed by atoms with Crippen molar-refractivity contribution in [2.24, 2.45) is 5.92 Å². The van der Waals surface area contributed by atoms with Gasteiger partial charge in [-0.1, -0.05) is 38.0 Å². The largest absolute Gasteiger partial charge is 0.255 e. The molecule has 4 nitrogen and oxygen atoms in total. The first-order valence-electron chi connectivity index (χ1n) is 7.44. The van der Waals surface area contributed by atoms with Crippen LogP contribution in [0.25, 0.3) is 10.9 Å². The second kappa shape index (κ2) is 5.73. The van der Waals surface area contributed by atoms with Crippen LogP contribution in [0.5, 0.6) is 0 Å². The monoisotopic (exact) mass is 304 g/mol. The third-order valence-corrected chi connectivity index (χ3v) is 5.82. The van der Waals surface area contributed by atoms with Gasteiger partial charge in [0.05, 0.1) is 5.52 Å². The summed E-state index contributed by atoms with van der Waals surface area (Å²) in [6.45, 7) is 2.12. The van der Waals surface area contributed by atoms with Gasteiger partial charge in [0.2, 0.25) is 10.0 Å². The van der Waals surface area contributed by atoms with Crippen molar-refractivity contribution in [3.63, 3.8) is 0 Å². The summed E-state index contributed by atoms with van der Waals surface area (Å²) in [6.07, 6.45) is 5.91. The molecular weight excluding hydrogens is 284 g/mol. The minimum Gasteiger partial charge on any atom is -0.255 e. The average Bonchev–Trinajstić information content (AvgIpc) is 2.49. The van der Waals surface area contributed by atoms with Gasteiger partial charge in [-0.05, 0) is 30.9 Å². The highest BCUT2D eigenvalue weighted by molar-refractivity contribution is 7.89. The van der Waals surface area contributed by atoms with Crippen molar-refractivity contribution in [3.05, 3.63) is 36.5 Å². The predicted molar refractivity (Wildman–Crippen MR) is 83.5 cm³/mol. The maximum absolute atomic E-state index is 12.7. The molecule has 1 heterocycles. The molecule has 3 rings (SSSR count). The summed E-state index contributed by atoms with van der Waals surface area (Å²) in [5.74, 6) is 0.386. The van der Waals surface area contributed by atoms with Gasteiger partial charge in [0, 0.05) is 17.6 Å². The van der Waals surface area contributed by atoms with E-state index >= 15 is 0 Å². The molecule has 0 radical (unpaired) electrons. The molecule has 1 saturated carbocycles. The zero-order valence-corrected chi connectivity index (χ0v) is 12.9. The molecule has 2 aromatic rings. The Kier molecular flexibility index (Phi) is 3.95. The van der Waals surface area contributed by atoms with Crippen LogP contribution in [0.2, 0.25) is 0 Å². The van der Waals surface area contributed by atoms with Gasteiger partial charge in [0.1, 0.15) is 4.90 Å². The van der Waals surface area contributed by atoms with Crippen molar-refractivity contribution in [2.75, 3.05) is 0 Å². The minimum atomic E-state index is -3.53. The average molecular weight is 304 g/mol. The smallest absolute Gasteiger partial charge is 0.242 e. The van der Waals surface area contributed by atoms with Crippen molar-refractivity contribution in [2.45, 2.75) is 43.5 Å². The molecule has 1 aromatic carbocycles. The maximum atomic E-state index is 12.7. The Morgan fingerprint density at radius 3 is 2.71 bits per heavy atom. The number of para-hydroxylation sites is 1. The highest BCUT2D eigenvalue weighted by Gasteiger charge is 2.27. The Hall–Kier alpha value is -1.46. The highest BCUT2D eigenvalue weighted by Crippen LogP contribution is 2.27. The third kappa shape index (κ3) is 2.94. The van der Waals surface area contributed by atoms with Crippen LogP contribution in [0.4, 0.5) is 0 Å². The fraction of sp³-hybridized carbons (Fsp3) is 0.438. The zero-order valence-electron chi connectivity index (χ0n) is 12.1.